The first-order chi connectivity index (χ1) is 12.8. The maximum absolute atomic E-state index is 13.2. The second-order valence-corrected chi connectivity index (χ2v) is 7.92. The summed E-state index contributed by atoms with van der Waals surface area (Å²) in [6.07, 6.45) is 4.28. The van der Waals surface area contributed by atoms with Gasteiger partial charge in [-0.25, -0.2) is 4.98 Å². The quantitative estimate of drug-likeness (QED) is 0.841. The van der Waals surface area contributed by atoms with E-state index in [1.54, 1.807) is 11.1 Å². The molecule has 0 radical (unpaired) electrons. The summed E-state index contributed by atoms with van der Waals surface area (Å²) >= 11 is 0. The molecule has 3 heterocycles. The average Bonchev–Trinajstić information content (AvgIpc) is 2.99. The first-order valence-electron chi connectivity index (χ1n) is 9.43. The molecule has 0 spiro atoms. The van der Waals surface area contributed by atoms with Gasteiger partial charge >= 0.3 is 0 Å². The van der Waals surface area contributed by atoms with Gasteiger partial charge in [0.05, 0.1) is 17.9 Å². The molecule has 0 aromatic carbocycles. The van der Waals surface area contributed by atoms with Crippen LogP contribution in [-0.2, 0) is 9.59 Å². The molecule has 3 atom stereocenters. The largest absolute Gasteiger partial charge is 0.352 e. The molecule has 1 N–H and O–H groups in total. The van der Waals surface area contributed by atoms with E-state index in [-0.39, 0.29) is 41.4 Å². The van der Waals surface area contributed by atoms with Crippen molar-refractivity contribution in [2.24, 2.45) is 5.92 Å². The number of nitrogens with zero attached hydrogens (tertiary/aromatic N) is 4. The molecule has 0 bridgehead atoms. The number of piperazine rings is 1. The highest BCUT2D eigenvalue weighted by atomic mass is 16.2. The molecule has 3 rings (SSSR count). The normalized spacial score (nSPS) is 24.9. The molecule has 1 aromatic rings. The number of fused-ring (bicyclic) bond motifs is 1. The number of hydrogen-bond donors (Lipinski definition) is 1. The van der Waals surface area contributed by atoms with Crippen molar-refractivity contribution in [2.75, 3.05) is 13.1 Å². The molecule has 2 aliphatic rings. The predicted octanol–water partition coefficient (Wildman–Crippen LogP) is 0.761. The van der Waals surface area contributed by atoms with E-state index < -0.39 is 6.04 Å². The van der Waals surface area contributed by atoms with Crippen molar-refractivity contribution >= 4 is 17.7 Å². The van der Waals surface area contributed by atoms with Crippen molar-refractivity contribution < 1.29 is 14.4 Å². The molecule has 0 unspecified atom stereocenters. The van der Waals surface area contributed by atoms with Gasteiger partial charge in [-0.05, 0) is 25.7 Å². The number of carbonyl (C=O) groups is 3. The Kier molecular flexibility index (Phi) is 5.43. The van der Waals surface area contributed by atoms with Crippen LogP contribution in [-0.4, -0.2) is 68.7 Å². The van der Waals surface area contributed by atoms with Crippen LogP contribution in [0.5, 0.6) is 0 Å². The fourth-order valence-electron chi connectivity index (χ4n) is 3.98. The van der Waals surface area contributed by atoms with E-state index in [1.165, 1.54) is 13.1 Å². The van der Waals surface area contributed by atoms with Gasteiger partial charge in [0.15, 0.2) is 0 Å². The van der Waals surface area contributed by atoms with Gasteiger partial charge in [0.2, 0.25) is 11.8 Å². The zero-order chi connectivity index (χ0) is 19.7. The van der Waals surface area contributed by atoms with E-state index in [0.29, 0.717) is 25.9 Å². The van der Waals surface area contributed by atoms with E-state index in [4.69, 9.17) is 0 Å². The Morgan fingerprint density at radius 1 is 1.26 bits per heavy atom. The zero-order valence-electron chi connectivity index (χ0n) is 16.3. The number of nitrogens with one attached hydrogen (secondary N) is 1. The van der Waals surface area contributed by atoms with Gasteiger partial charge in [0.1, 0.15) is 11.7 Å². The van der Waals surface area contributed by atoms with Crippen molar-refractivity contribution in [3.63, 3.8) is 0 Å². The third-order valence-corrected chi connectivity index (χ3v) is 5.13. The summed E-state index contributed by atoms with van der Waals surface area (Å²) in [5.41, 5.74) is 0.993. The lowest BCUT2D eigenvalue weighted by molar-refractivity contribution is -0.142. The highest BCUT2D eigenvalue weighted by Crippen LogP contribution is 2.29. The monoisotopic (exact) mass is 373 g/mol. The highest BCUT2D eigenvalue weighted by Gasteiger charge is 2.47. The topological polar surface area (TPSA) is 95.5 Å². The minimum atomic E-state index is -0.507. The van der Waals surface area contributed by atoms with Gasteiger partial charge in [-0.1, -0.05) is 13.8 Å². The summed E-state index contributed by atoms with van der Waals surface area (Å²) in [6, 6.07) is -0.654. The first-order valence-corrected chi connectivity index (χ1v) is 9.43. The van der Waals surface area contributed by atoms with Crippen LogP contribution in [0.4, 0.5) is 0 Å². The van der Waals surface area contributed by atoms with Crippen LogP contribution in [0.3, 0.4) is 0 Å². The number of rotatable bonds is 4. The van der Waals surface area contributed by atoms with Gasteiger partial charge in [0.25, 0.3) is 5.91 Å². The fourth-order valence-corrected chi connectivity index (χ4v) is 3.98. The molecular formula is C19H27N5O3. The fraction of sp³-hybridized carbons (Fsp3) is 0.632. The van der Waals surface area contributed by atoms with Crippen molar-refractivity contribution in [3.05, 3.63) is 23.8 Å². The summed E-state index contributed by atoms with van der Waals surface area (Å²) in [6.45, 7) is 8.33. The van der Waals surface area contributed by atoms with Crippen LogP contribution in [0.1, 0.15) is 49.8 Å². The van der Waals surface area contributed by atoms with E-state index in [9.17, 15) is 14.4 Å². The second kappa shape index (κ2) is 7.62. The van der Waals surface area contributed by atoms with Gasteiger partial charge in [0, 0.05) is 32.3 Å². The van der Waals surface area contributed by atoms with Crippen molar-refractivity contribution in [1.82, 2.24) is 25.1 Å². The minimum Gasteiger partial charge on any atom is -0.352 e. The van der Waals surface area contributed by atoms with Crippen molar-refractivity contribution in [1.29, 1.82) is 0 Å². The minimum absolute atomic E-state index is 0.0405. The third-order valence-electron chi connectivity index (χ3n) is 5.13. The van der Waals surface area contributed by atoms with Crippen LogP contribution in [0.15, 0.2) is 12.4 Å². The highest BCUT2D eigenvalue weighted by molar-refractivity contribution is 5.97. The number of aromatic nitrogens is 2. The molecule has 146 valence electrons. The summed E-state index contributed by atoms with van der Waals surface area (Å²) in [7, 11) is 0. The third kappa shape index (κ3) is 4.09. The van der Waals surface area contributed by atoms with Crippen LogP contribution >= 0.6 is 0 Å². The lowest BCUT2D eigenvalue weighted by atomic mass is 9.97. The maximum atomic E-state index is 13.2. The SMILES string of the molecule is CC(=O)N[C@H]1C[C@H]2CN(C(=O)c3cnc(C)cn3)[C@@H](CC(C)C)C(=O)N2C1. The van der Waals surface area contributed by atoms with E-state index in [1.807, 2.05) is 25.7 Å². The van der Waals surface area contributed by atoms with Crippen LogP contribution in [0.2, 0.25) is 0 Å². The van der Waals surface area contributed by atoms with Crippen LogP contribution in [0.25, 0.3) is 0 Å². The summed E-state index contributed by atoms with van der Waals surface area (Å²) in [5.74, 6) is -0.136. The van der Waals surface area contributed by atoms with Crippen LogP contribution in [0, 0.1) is 12.8 Å². The molecular weight excluding hydrogens is 346 g/mol. The second-order valence-electron chi connectivity index (χ2n) is 7.92. The van der Waals surface area contributed by atoms with E-state index in [0.717, 1.165) is 5.69 Å². The Labute approximate surface area is 159 Å². The summed E-state index contributed by atoms with van der Waals surface area (Å²) in [5, 5.41) is 2.90. The van der Waals surface area contributed by atoms with Gasteiger partial charge in [-0.2, -0.15) is 0 Å². The molecule has 2 aliphatic heterocycles. The number of hydrogen-bond acceptors (Lipinski definition) is 5. The molecule has 27 heavy (non-hydrogen) atoms. The Balaban J connectivity index is 1.85. The lowest BCUT2D eigenvalue weighted by Crippen LogP contribution is -2.61. The molecule has 3 amide bonds. The standard InChI is InChI=1S/C19H27N5O3/c1-11(2)5-17-19(27)23-9-14(22-13(4)25)6-15(23)10-24(17)18(26)16-8-20-12(3)7-21-16/h7-8,11,14-15,17H,5-6,9-10H2,1-4H3,(H,22,25)/t14-,15-,17-/m0/s1. The van der Waals surface area contributed by atoms with E-state index in [2.05, 4.69) is 15.3 Å². The Hall–Kier alpha value is -2.51. The van der Waals surface area contributed by atoms with Crippen molar-refractivity contribution in [3.8, 4) is 0 Å². The summed E-state index contributed by atoms with van der Waals surface area (Å²) in [4.78, 5) is 49.5. The molecule has 8 heteroatoms. The smallest absolute Gasteiger partial charge is 0.274 e. The Morgan fingerprint density at radius 3 is 2.59 bits per heavy atom. The van der Waals surface area contributed by atoms with Crippen LogP contribution < -0.4 is 5.32 Å². The van der Waals surface area contributed by atoms with Gasteiger partial charge in [-0.3, -0.25) is 19.4 Å². The van der Waals surface area contributed by atoms with Gasteiger partial charge < -0.3 is 15.1 Å². The number of carbonyl (C=O) groups excluding carboxylic acids is 3. The maximum Gasteiger partial charge on any atom is 0.274 e. The molecule has 2 saturated heterocycles. The average molecular weight is 373 g/mol. The van der Waals surface area contributed by atoms with Crippen molar-refractivity contribution in [2.45, 2.75) is 58.7 Å². The molecule has 0 aliphatic carbocycles. The van der Waals surface area contributed by atoms with E-state index >= 15 is 0 Å². The Morgan fingerprint density at radius 2 is 2.00 bits per heavy atom. The lowest BCUT2D eigenvalue weighted by Gasteiger charge is -2.43. The predicted molar refractivity (Wildman–Crippen MR) is 98.8 cm³/mol. The number of aryl methyl sites for hydroxylation is 1. The first kappa shape index (κ1) is 19.3. The zero-order valence-corrected chi connectivity index (χ0v) is 16.3. The Bertz CT molecular complexity index is 733. The summed E-state index contributed by atoms with van der Waals surface area (Å²) < 4.78 is 0. The van der Waals surface area contributed by atoms with Gasteiger partial charge in [-0.15, -0.1) is 0 Å². The molecule has 1 aromatic heterocycles. The molecule has 0 saturated carbocycles. The molecule has 2 fully saturated rings. The molecule has 8 nitrogen and oxygen atoms in total. The number of amides is 3.